The van der Waals surface area contributed by atoms with Crippen molar-refractivity contribution in [1.82, 2.24) is 15.0 Å². The number of hydrogen-bond acceptors (Lipinski definition) is 5. The highest BCUT2D eigenvalue weighted by atomic mass is 35.5. The van der Waals surface area contributed by atoms with Crippen LogP contribution in [0.25, 0.3) is 21.1 Å². The summed E-state index contributed by atoms with van der Waals surface area (Å²) < 4.78 is 2.02. The van der Waals surface area contributed by atoms with E-state index in [-0.39, 0.29) is 10.8 Å². The highest BCUT2D eigenvalue weighted by Gasteiger charge is 2.15. The zero-order valence-electron chi connectivity index (χ0n) is 12.6. The molecule has 120 valence electrons. The Bertz CT molecular complexity index is 1110. The summed E-state index contributed by atoms with van der Waals surface area (Å²) in [7, 11) is 0. The Balaban J connectivity index is 1.67. The maximum Gasteiger partial charge on any atom is 0.258 e. The number of thioether (sulfide) groups is 1. The monoisotopic (exact) mass is 373 g/mol. The van der Waals surface area contributed by atoms with Crippen molar-refractivity contribution in [2.24, 2.45) is 0 Å². The third kappa shape index (κ3) is 2.92. The van der Waals surface area contributed by atoms with Crippen molar-refractivity contribution in [1.29, 1.82) is 0 Å². The van der Waals surface area contributed by atoms with Crippen LogP contribution < -0.4 is 5.56 Å². The molecule has 0 aliphatic heterocycles. The van der Waals surface area contributed by atoms with Gasteiger partial charge in [0.15, 0.2) is 4.34 Å². The van der Waals surface area contributed by atoms with Crippen LogP contribution in [0.4, 0.5) is 0 Å². The van der Waals surface area contributed by atoms with Crippen molar-refractivity contribution in [3.8, 4) is 0 Å². The number of benzene rings is 2. The molecule has 1 N–H and O–H groups in total. The molecule has 4 aromatic rings. The van der Waals surface area contributed by atoms with Crippen molar-refractivity contribution >= 4 is 55.8 Å². The summed E-state index contributed by atoms with van der Waals surface area (Å²) in [5.41, 5.74) is 1.49. The molecule has 0 radical (unpaired) electrons. The van der Waals surface area contributed by atoms with Crippen LogP contribution in [0.3, 0.4) is 0 Å². The molecule has 0 aliphatic carbocycles. The first-order valence-electron chi connectivity index (χ1n) is 7.32. The van der Waals surface area contributed by atoms with Gasteiger partial charge in [-0.3, -0.25) is 4.79 Å². The number of aromatic amines is 1. The second kappa shape index (κ2) is 6.20. The largest absolute Gasteiger partial charge is 0.309 e. The lowest BCUT2D eigenvalue weighted by Gasteiger charge is -2.09. The van der Waals surface area contributed by atoms with Crippen molar-refractivity contribution in [3.05, 3.63) is 63.7 Å². The highest BCUT2D eigenvalue weighted by Crippen LogP contribution is 2.38. The standard InChI is InChI=1S/C17H12ClN3OS2/c1-9(15-19-12-5-3-2-4-11(12)16(22)21-15)23-17-20-13-8-10(18)6-7-14(13)24-17/h2-9H,1H3,(H,19,21,22). The van der Waals surface area contributed by atoms with E-state index in [1.807, 2.05) is 43.3 Å². The lowest BCUT2D eigenvalue weighted by Crippen LogP contribution is -2.12. The number of hydrogen-bond donors (Lipinski definition) is 1. The molecule has 0 fully saturated rings. The molecule has 0 bridgehead atoms. The topological polar surface area (TPSA) is 58.6 Å². The summed E-state index contributed by atoms with van der Waals surface area (Å²) in [6.07, 6.45) is 0. The number of fused-ring (bicyclic) bond motifs is 2. The van der Waals surface area contributed by atoms with Gasteiger partial charge in [0.25, 0.3) is 5.56 Å². The van der Waals surface area contributed by atoms with E-state index in [0.29, 0.717) is 21.7 Å². The van der Waals surface area contributed by atoms with Gasteiger partial charge in [-0.05, 0) is 37.3 Å². The fourth-order valence-electron chi connectivity index (χ4n) is 2.43. The fourth-order valence-corrected chi connectivity index (χ4v) is 4.85. The average molecular weight is 374 g/mol. The molecule has 0 saturated carbocycles. The molecular formula is C17H12ClN3OS2. The summed E-state index contributed by atoms with van der Waals surface area (Å²) in [6, 6.07) is 13.0. The van der Waals surface area contributed by atoms with Gasteiger partial charge < -0.3 is 4.98 Å². The number of H-pyrrole nitrogens is 1. The zero-order valence-corrected chi connectivity index (χ0v) is 15.0. The molecule has 0 spiro atoms. The van der Waals surface area contributed by atoms with Crippen LogP contribution in [0.15, 0.2) is 51.6 Å². The third-order valence-electron chi connectivity index (χ3n) is 3.62. The van der Waals surface area contributed by atoms with Crippen LogP contribution in [-0.2, 0) is 0 Å². The number of thiazole rings is 1. The first-order valence-corrected chi connectivity index (χ1v) is 9.39. The molecule has 24 heavy (non-hydrogen) atoms. The number of aromatic nitrogens is 3. The van der Waals surface area contributed by atoms with Crippen molar-refractivity contribution in [2.45, 2.75) is 16.5 Å². The molecule has 2 aromatic heterocycles. The predicted molar refractivity (Wildman–Crippen MR) is 101 cm³/mol. The smallest absolute Gasteiger partial charge is 0.258 e. The molecule has 7 heteroatoms. The van der Waals surface area contributed by atoms with Gasteiger partial charge in [0.2, 0.25) is 0 Å². The Morgan fingerprint density at radius 2 is 2.00 bits per heavy atom. The van der Waals surface area contributed by atoms with Crippen LogP contribution in [-0.4, -0.2) is 15.0 Å². The van der Waals surface area contributed by atoms with Crippen LogP contribution in [0.5, 0.6) is 0 Å². The normalized spacial score (nSPS) is 12.8. The fraction of sp³-hybridized carbons (Fsp3) is 0.118. The van der Waals surface area contributed by atoms with Crippen LogP contribution in [0.2, 0.25) is 5.02 Å². The number of nitrogens with one attached hydrogen (secondary N) is 1. The van der Waals surface area contributed by atoms with Gasteiger partial charge in [0.1, 0.15) is 5.82 Å². The van der Waals surface area contributed by atoms with Gasteiger partial charge >= 0.3 is 0 Å². The van der Waals surface area contributed by atoms with Crippen molar-refractivity contribution < 1.29 is 0 Å². The molecule has 4 rings (SSSR count). The van der Waals surface area contributed by atoms with Gasteiger partial charge in [0, 0.05) is 5.02 Å². The number of nitrogens with zero attached hydrogens (tertiary/aromatic N) is 2. The quantitative estimate of drug-likeness (QED) is 0.511. The molecule has 2 aromatic carbocycles. The van der Waals surface area contributed by atoms with Crippen molar-refractivity contribution in [2.75, 3.05) is 0 Å². The predicted octanol–water partition coefficient (Wildman–Crippen LogP) is 5.04. The first-order chi connectivity index (χ1) is 11.6. The zero-order chi connectivity index (χ0) is 16.7. The maximum absolute atomic E-state index is 12.2. The van der Waals surface area contributed by atoms with Gasteiger partial charge in [-0.1, -0.05) is 35.5 Å². The summed E-state index contributed by atoms with van der Waals surface area (Å²) in [4.78, 5) is 24.3. The summed E-state index contributed by atoms with van der Waals surface area (Å²) in [5, 5.41) is 1.27. The van der Waals surface area contributed by atoms with E-state index < -0.39 is 0 Å². The summed E-state index contributed by atoms with van der Waals surface area (Å²) in [6.45, 7) is 2.01. The lowest BCUT2D eigenvalue weighted by atomic mass is 10.2. The molecule has 2 heterocycles. The van der Waals surface area contributed by atoms with E-state index >= 15 is 0 Å². The molecule has 4 nitrogen and oxygen atoms in total. The number of para-hydroxylation sites is 1. The molecule has 1 unspecified atom stereocenters. The van der Waals surface area contributed by atoms with Gasteiger partial charge in [-0.15, -0.1) is 11.3 Å². The van der Waals surface area contributed by atoms with Gasteiger partial charge in [-0.2, -0.15) is 0 Å². The van der Waals surface area contributed by atoms with E-state index in [4.69, 9.17) is 11.6 Å². The number of halogens is 1. The molecule has 0 amide bonds. The van der Waals surface area contributed by atoms with Gasteiger partial charge in [0.05, 0.1) is 26.4 Å². The molecule has 0 saturated heterocycles. The van der Waals surface area contributed by atoms with Crippen LogP contribution in [0.1, 0.15) is 18.0 Å². The van der Waals surface area contributed by atoms with Gasteiger partial charge in [-0.25, -0.2) is 9.97 Å². The van der Waals surface area contributed by atoms with Crippen LogP contribution in [0, 0.1) is 0 Å². The highest BCUT2D eigenvalue weighted by molar-refractivity contribution is 8.01. The third-order valence-corrected chi connectivity index (χ3v) is 6.10. The summed E-state index contributed by atoms with van der Waals surface area (Å²) in [5.74, 6) is 0.654. The minimum atomic E-state index is -0.112. The first kappa shape index (κ1) is 15.6. The molecular weight excluding hydrogens is 362 g/mol. The molecule has 0 aliphatic rings. The maximum atomic E-state index is 12.2. The second-order valence-corrected chi connectivity index (χ2v) is 8.38. The Morgan fingerprint density at radius 1 is 1.17 bits per heavy atom. The second-order valence-electron chi connectivity index (χ2n) is 5.32. The Hall–Kier alpha value is -1.89. The van der Waals surface area contributed by atoms with E-state index in [0.717, 1.165) is 14.6 Å². The minimum Gasteiger partial charge on any atom is -0.309 e. The van der Waals surface area contributed by atoms with E-state index in [2.05, 4.69) is 15.0 Å². The SMILES string of the molecule is CC(Sc1nc2cc(Cl)ccc2s1)c1nc2ccccc2c(=O)[nH]1. The van der Waals surface area contributed by atoms with Crippen LogP contribution >= 0.6 is 34.7 Å². The minimum absolute atomic E-state index is 0.0154. The average Bonchev–Trinajstić information content (AvgIpc) is 2.96. The Labute approximate surface area is 150 Å². The Kier molecular flexibility index (Phi) is 4.04. The summed E-state index contributed by atoms with van der Waals surface area (Å²) >= 11 is 9.20. The lowest BCUT2D eigenvalue weighted by molar-refractivity contribution is 0.922. The van der Waals surface area contributed by atoms with E-state index in [1.165, 1.54) is 0 Å². The van der Waals surface area contributed by atoms with Crippen molar-refractivity contribution in [3.63, 3.8) is 0 Å². The Morgan fingerprint density at radius 3 is 2.88 bits per heavy atom. The van der Waals surface area contributed by atoms with E-state index in [1.54, 1.807) is 29.2 Å². The number of rotatable bonds is 3. The molecule has 1 atom stereocenters. The van der Waals surface area contributed by atoms with E-state index in [9.17, 15) is 4.79 Å².